The summed E-state index contributed by atoms with van der Waals surface area (Å²) < 4.78 is 38.9. The average molecular weight is 347 g/mol. The summed E-state index contributed by atoms with van der Waals surface area (Å²) in [5, 5.41) is 0. The lowest BCUT2D eigenvalue weighted by Crippen LogP contribution is -2.21. The fraction of sp³-hybridized carbons (Fsp3) is 0.125. The summed E-state index contributed by atoms with van der Waals surface area (Å²) in [7, 11) is 0. The van der Waals surface area contributed by atoms with Crippen molar-refractivity contribution in [1.29, 1.82) is 0 Å². The van der Waals surface area contributed by atoms with Gasteiger partial charge in [-0.2, -0.15) is 0 Å². The summed E-state index contributed by atoms with van der Waals surface area (Å²) in [6.07, 6.45) is -4.70. The number of guanidine groups is 1. The molecule has 4 N–H and O–H groups in total. The van der Waals surface area contributed by atoms with Crippen LogP contribution in [0.15, 0.2) is 29.3 Å². The number of hydrogen-bond acceptors (Lipinski definition) is 2. The van der Waals surface area contributed by atoms with Crippen LogP contribution in [0.25, 0.3) is 0 Å². The Labute approximate surface area is 106 Å². The highest BCUT2D eigenvalue weighted by Gasteiger charge is 2.30. The number of benzene rings is 1. The summed E-state index contributed by atoms with van der Waals surface area (Å²) in [5.74, 6) is -0.489. The van der Waals surface area contributed by atoms with Crippen molar-refractivity contribution >= 4 is 35.6 Å². The van der Waals surface area contributed by atoms with Crippen LogP contribution in [0.5, 0.6) is 5.75 Å². The topological polar surface area (TPSA) is 73.6 Å². The molecule has 0 amide bonds. The van der Waals surface area contributed by atoms with Crippen LogP contribution in [0.1, 0.15) is 0 Å². The number of ether oxygens (including phenoxy) is 1. The van der Waals surface area contributed by atoms with Gasteiger partial charge in [-0.25, -0.2) is 4.99 Å². The van der Waals surface area contributed by atoms with Gasteiger partial charge in [-0.1, -0.05) is 0 Å². The van der Waals surface area contributed by atoms with E-state index < -0.39 is 6.36 Å². The van der Waals surface area contributed by atoms with Gasteiger partial charge in [0.2, 0.25) is 0 Å². The van der Waals surface area contributed by atoms with Crippen molar-refractivity contribution in [3.8, 4) is 5.75 Å². The van der Waals surface area contributed by atoms with Crippen LogP contribution in [-0.2, 0) is 0 Å². The molecule has 0 spiro atoms. The number of alkyl halides is 3. The van der Waals surface area contributed by atoms with Crippen molar-refractivity contribution in [3.05, 3.63) is 24.3 Å². The quantitative estimate of drug-likeness (QED) is 0.489. The van der Waals surface area contributed by atoms with E-state index in [9.17, 15) is 13.2 Å². The van der Waals surface area contributed by atoms with E-state index in [1.54, 1.807) is 0 Å². The zero-order valence-corrected chi connectivity index (χ0v) is 10.2. The minimum atomic E-state index is -4.70. The van der Waals surface area contributed by atoms with Crippen LogP contribution in [0.2, 0.25) is 0 Å². The highest BCUT2D eigenvalue weighted by molar-refractivity contribution is 14.0. The zero-order valence-electron chi connectivity index (χ0n) is 7.86. The van der Waals surface area contributed by atoms with Gasteiger partial charge in [0.1, 0.15) is 5.75 Å². The largest absolute Gasteiger partial charge is 0.573 e. The molecule has 0 saturated carbocycles. The second kappa shape index (κ2) is 5.77. The van der Waals surface area contributed by atoms with Gasteiger partial charge in [-0.05, 0) is 24.3 Å². The summed E-state index contributed by atoms with van der Waals surface area (Å²) in [5.41, 5.74) is 10.5. The Morgan fingerprint density at radius 1 is 1.12 bits per heavy atom. The van der Waals surface area contributed by atoms with E-state index in [4.69, 9.17) is 11.5 Å². The zero-order chi connectivity index (χ0) is 11.5. The third-order valence-corrected chi connectivity index (χ3v) is 1.33. The van der Waals surface area contributed by atoms with E-state index in [2.05, 4.69) is 9.73 Å². The van der Waals surface area contributed by atoms with Crippen LogP contribution in [-0.4, -0.2) is 12.3 Å². The number of nitrogens with two attached hydrogens (primary N) is 2. The van der Waals surface area contributed by atoms with Gasteiger partial charge in [0.05, 0.1) is 5.69 Å². The molecule has 0 radical (unpaired) electrons. The van der Waals surface area contributed by atoms with E-state index in [1.807, 2.05) is 0 Å². The summed E-state index contributed by atoms with van der Waals surface area (Å²) in [4.78, 5) is 3.63. The van der Waals surface area contributed by atoms with Crippen LogP contribution in [0.4, 0.5) is 18.9 Å². The Bertz CT molecular complexity index is 360. The molecule has 8 heteroatoms. The lowest BCUT2D eigenvalue weighted by Gasteiger charge is -2.08. The number of hydrogen-bond donors (Lipinski definition) is 2. The lowest BCUT2D eigenvalue weighted by molar-refractivity contribution is -0.274. The van der Waals surface area contributed by atoms with E-state index in [0.29, 0.717) is 5.69 Å². The number of aliphatic imine (C=N–C) groups is 1. The molecule has 0 unspecified atom stereocenters. The molecule has 4 nitrogen and oxygen atoms in total. The Morgan fingerprint density at radius 3 is 2.00 bits per heavy atom. The lowest BCUT2D eigenvalue weighted by atomic mass is 10.3. The maximum atomic E-state index is 11.8. The monoisotopic (exact) mass is 347 g/mol. The second-order valence-corrected chi connectivity index (χ2v) is 2.58. The Balaban J connectivity index is 0.00000225. The molecule has 0 aliphatic rings. The van der Waals surface area contributed by atoms with Gasteiger partial charge in [-0.3, -0.25) is 0 Å². The van der Waals surface area contributed by atoms with Gasteiger partial charge < -0.3 is 16.2 Å². The van der Waals surface area contributed by atoms with E-state index >= 15 is 0 Å². The average Bonchev–Trinajstić information content (AvgIpc) is 2.05. The molecule has 0 aliphatic carbocycles. The van der Waals surface area contributed by atoms with Crippen LogP contribution >= 0.6 is 24.0 Å². The smallest absolute Gasteiger partial charge is 0.406 e. The molecule has 1 aromatic carbocycles. The molecule has 1 rings (SSSR count). The van der Waals surface area contributed by atoms with Crippen molar-refractivity contribution in [2.45, 2.75) is 6.36 Å². The maximum absolute atomic E-state index is 11.8. The molecular weight excluding hydrogens is 338 g/mol. The molecule has 0 aromatic heterocycles. The van der Waals surface area contributed by atoms with E-state index in [1.165, 1.54) is 12.1 Å². The normalized spacial score (nSPS) is 10.2. The number of halogens is 4. The second-order valence-electron chi connectivity index (χ2n) is 2.58. The predicted octanol–water partition coefficient (Wildman–Crippen LogP) is 2.11. The molecule has 0 heterocycles. The molecule has 0 atom stereocenters. The SMILES string of the molecule is I.NC(N)=Nc1ccc(OC(F)(F)F)cc1. The van der Waals surface area contributed by atoms with Crippen molar-refractivity contribution in [3.63, 3.8) is 0 Å². The van der Waals surface area contributed by atoms with Gasteiger partial charge in [-0.15, -0.1) is 37.1 Å². The first kappa shape index (κ1) is 14.8. The van der Waals surface area contributed by atoms with Crippen molar-refractivity contribution in [2.24, 2.45) is 16.5 Å². The summed E-state index contributed by atoms with van der Waals surface area (Å²) in [6.45, 7) is 0. The predicted molar refractivity (Wildman–Crippen MR) is 64.0 cm³/mol. The molecule has 0 bridgehead atoms. The van der Waals surface area contributed by atoms with Crippen molar-refractivity contribution in [2.75, 3.05) is 0 Å². The first-order chi connectivity index (χ1) is 6.87. The van der Waals surface area contributed by atoms with Crippen LogP contribution in [0, 0.1) is 0 Å². The minimum absolute atomic E-state index is 0. The van der Waals surface area contributed by atoms with E-state index in [0.717, 1.165) is 12.1 Å². The molecule has 90 valence electrons. The van der Waals surface area contributed by atoms with Crippen molar-refractivity contribution < 1.29 is 17.9 Å². The minimum Gasteiger partial charge on any atom is -0.406 e. The Hall–Kier alpha value is -1.19. The first-order valence-corrected chi connectivity index (χ1v) is 3.82. The highest BCUT2D eigenvalue weighted by Crippen LogP contribution is 2.24. The number of rotatable bonds is 2. The standard InChI is InChI=1S/C8H8F3N3O.HI/c9-8(10,11)15-6-3-1-5(2-4-6)14-7(12)13;/h1-4H,(H4,12,13,14);1H. The third kappa shape index (κ3) is 5.63. The summed E-state index contributed by atoms with van der Waals surface area (Å²) in [6, 6.07) is 4.85. The molecule has 1 aromatic rings. The molecule has 16 heavy (non-hydrogen) atoms. The van der Waals surface area contributed by atoms with Gasteiger partial charge in [0, 0.05) is 0 Å². The van der Waals surface area contributed by atoms with Gasteiger partial charge in [0.15, 0.2) is 5.96 Å². The van der Waals surface area contributed by atoms with Crippen molar-refractivity contribution in [1.82, 2.24) is 0 Å². The van der Waals surface area contributed by atoms with Crippen LogP contribution < -0.4 is 16.2 Å². The fourth-order valence-corrected chi connectivity index (χ4v) is 0.871. The van der Waals surface area contributed by atoms with E-state index in [-0.39, 0.29) is 35.7 Å². The molecule has 0 saturated heterocycles. The summed E-state index contributed by atoms with van der Waals surface area (Å²) >= 11 is 0. The third-order valence-electron chi connectivity index (χ3n) is 1.33. The number of nitrogens with zero attached hydrogens (tertiary/aromatic N) is 1. The highest BCUT2D eigenvalue weighted by atomic mass is 127. The maximum Gasteiger partial charge on any atom is 0.573 e. The molecular formula is C8H9F3IN3O. The fourth-order valence-electron chi connectivity index (χ4n) is 0.871. The Morgan fingerprint density at radius 2 is 1.62 bits per heavy atom. The van der Waals surface area contributed by atoms with Gasteiger partial charge in [0.25, 0.3) is 0 Å². The molecule has 0 aliphatic heterocycles. The van der Waals surface area contributed by atoms with Gasteiger partial charge >= 0.3 is 6.36 Å². The molecule has 0 fully saturated rings. The first-order valence-electron chi connectivity index (χ1n) is 3.82. The van der Waals surface area contributed by atoms with Crippen LogP contribution in [0.3, 0.4) is 0 Å². The Kier molecular flexibility index (Phi) is 5.35.